The van der Waals surface area contributed by atoms with Crippen LogP contribution in [0.4, 0.5) is 0 Å². The summed E-state index contributed by atoms with van der Waals surface area (Å²) >= 11 is 0. The van der Waals surface area contributed by atoms with Crippen LogP contribution in [0.3, 0.4) is 0 Å². The largest absolute Gasteiger partial charge is 0.508 e. The normalized spacial score (nSPS) is 19.6. The molecule has 1 aliphatic rings. The molecule has 2 N–H and O–H groups in total. The molecular weight excluding hydrogens is 228 g/mol. The van der Waals surface area contributed by atoms with Crippen molar-refractivity contribution in [3.05, 3.63) is 29.8 Å². The van der Waals surface area contributed by atoms with Gasteiger partial charge in [-0.2, -0.15) is 0 Å². The Morgan fingerprint density at radius 2 is 1.78 bits per heavy atom. The molecule has 1 aliphatic carbocycles. The SMILES string of the molecule is C#C.CC.O=C(O)C1CC1Cc1ccc(O)cc1. The van der Waals surface area contributed by atoms with Crippen LogP contribution in [0.5, 0.6) is 5.75 Å². The minimum Gasteiger partial charge on any atom is -0.508 e. The molecule has 0 amide bonds. The summed E-state index contributed by atoms with van der Waals surface area (Å²) in [5.41, 5.74) is 1.09. The first-order valence-electron chi connectivity index (χ1n) is 6.01. The van der Waals surface area contributed by atoms with E-state index in [-0.39, 0.29) is 17.6 Å². The molecule has 98 valence electrons. The van der Waals surface area contributed by atoms with Crippen molar-refractivity contribution in [3.63, 3.8) is 0 Å². The number of phenolic OH excluding ortho intramolecular Hbond substituents is 1. The average Bonchev–Trinajstić information content (AvgIpc) is 3.17. The molecule has 18 heavy (non-hydrogen) atoms. The van der Waals surface area contributed by atoms with Crippen LogP contribution in [-0.2, 0) is 11.2 Å². The van der Waals surface area contributed by atoms with Gasteiger partial charge < -0.3 is 10.2 Å². The number of benzene rings is 1. The van der Waals surface area contributed by atoms with Gasteiger partial charge in [0.1, 0.15) is 5.75 Å². The van der Waals surface area contributed by atoms with Crippen LogP contribution in [0.25, 0.3) is 0 Å². The van der Waals surface area contributed by atoms with E-state index in [1.807, 2.05) is 26.0 Å². The minimum absolute atomic E-state index is 0.149. The van der Waals surface area contributed by atoms with Crippen molar-refractivity contribution in [2.24, 2.45) is 11.8 Å². The number of aromatic hydroxyl groups is 1. The molecule has 0 heterocycles. The quantitative estimate of drug-likeness (QED) is 0.809. The zero-order chi connectivity index (χ0) is 14.1. The Balaban J connectivity index is 0.000000659. The number of hydrogen-bond acceptors (Lipinski definition) is 2. The molecule has 2 rings (SSSR count). The molecule has 0 aliphatic heterocycles. The third kappa shape index (κ3) is 4.92. The van der Waals surface area contributed by atoms with Crippen molar-refractivity contribution < 1.29 is 15.0 Å². The Kier molecular flexibility index (Phi) is 7.30. The molecule has 0 radical (unpaired) electrons. The third-order valence-corrected chi connectivity index (χ3v) is 2.67. The Labute approximate surface area is 108 Å². The lowest BCUT2D eigenvalue weighted by molar-refractivity contribution is -0.138. The van der Waals surface area contributed by atoms with Crippen molar-refractivity contribution in [1.82, 2.24) is 0 Å². The Hall–Kier alpha value is -1.95. The van der Waals surface area contributed by atoms with Crippen LogP contribution >= 0.6 is 0 Å². The van der Waals surface area contributed by atoms with Crippen molar-refractivity contribution in [2.45, 2.75) is 26.7 Å². The maximum absolute atomic E-state index is 10.6. The molecule has 3 heteroatoms. The molecule has 2 unspecified atom stereocenters. The number of rotatable bonds is 3. The van der Waals surface area contributed by atoms with Gasteiger partial charge in [0, 0.05) is 0 Å². The van der Waals surface area contributed by atoms with E-state index >= 15 is 0 Å². The lowest BCUT2D eigenvalue weighted by Crippen LogP contribution is -2.00. The topological polar surface area (TPSA) is 57.5 Å². The molecule has 1 fully saturated rings. The minimum atomic E-state index is -0.686. The third-order valence-electron chi connectivity index (χ3n) is 2.67. The van der Waals surface area contributed by atoms with Crippen molar-refractivity contribution in [3.8, 4) is 18.6 Å². The van der Waals surface area contributed by atoms with Gasteiger partial charge in [0.05, 0.1) is 5.92 Å². The number of phenols is 1. The van der Waals surface area contributed by atoms with Crippen LogP contribution < -0.4 is 0 Å². The van der Waals surface area contributed by atoms with Crippen LogP contribution in [0.15, 0.2) is 24.3 Å². The average molecular weight is 248 g/mol. The highest BCUT2D eigenvalue weighted by atomic mass is 16.4. The lowest BCUT2D eigenvalue weighted by atomic mass is 10.1. The van der Waals surface area contributed by atoms with E-state index in [9.17, 15) is 4.79 Å². The van der Waals surface area contributed by atoms with Crippen molar-refractivity contribution in [2.75, 3.05) is 0 Å². The van der Waals surface area contributed by atoms with E-state index in [0.717, 1.165) is 18.4 Å². The van der Waals surface area contributed by atoms with Crippen molar-refractivity contribution >= 4 is 5.97 Å². The highest BCUT2D eigenvalue weighted by Crippen LogP contribution is 2.41. The first kappa shape index (κ1) is 16.1. The van der Waals surface area contributed by atoms with Crippen LogP contribution in [-0.4, -0.2) is 16.2 Å². The maximum Gasteiger partial charge on any atom is 0.306 e. The van der Waals surface area contributed by atoms with Crippen LogP contribution in [0.1, 0.15) is 25.8 Å². The Bertz CT molecular complexity index is 378. The summed E-state index contributed by atoms with van der Waals surface area (Å²) in [6, 6.07) is 6.94. The second kappa shape index (κ2) is 8.19. The molecule has 3 nitrogen and oxygen atoms in total. The van der Waals surface area contributed by atoms with Crippen LogP contribution in [0.2, 0.25) is 0 Å². The molecule has 1 saturated carbocycles. The molecule has 0 spiro atoms. The fourth-order valence-electron chi connectivity index (χ4n) is 1.71. The number of terminal acetylenes is 1. The molecular formula is C15H20O3. The number of carboxylic acid groups (broad SMARTS) is 1. The monoisotopic (exact) mass is 248 g/mol. The van der Waals surface area contributed by atoms with Gasteiger partial charge in [0.2, 0.25) is 0 Å². The standard InChI is InChI=1S/C11H12O3.C2H6.C2H2/c12-9-3-1-7(2-4-9)5-8-6-10(8)11(13)14;2*1-2/h1-4,8,10,12H,5-6H2,(H,13,14);1-2H3;1-2H. The molecule has 0 saturated heterocycles. The van der Waals surface area contributed by atoms with E-state index in [4.69, 9.17) is 10.2 Å². The number of carboxylic acids is 1. The fourth-order valence-corrected chi connectivity index (χ4v) is 1.71. The summed E-state index contributed by atoms with van der Waals surface area (Å²) in [4.78, 5) is 10.6. The summed E-state index contributed by atoms with van der Waals surface area (Å²) in [6.45, 7) is 4.00. The fraction of sp³-hybridized carbons (Fsp3) is 0.400. The molecule has 0 bridgehead atoms. The number of aliphatic carboxylic acids is 1. The van der Waals surface area contributed by atoms with Gasteiger partial charge in [-0.3, -0.25) is 4.79 Å². The van der Waals surface area contributed by atoms with Gasteiger partial charge in [0.15, 0.2) is 0 Å². The highest BCUT2D eigenvalue weighted by molar-refractivity contribution is 5.73. The van der Waals surface area contributed by atoms with Gasteiger partial charge in [-0.15, -0.1) is 12.8 Å². The zero-order valence-electron chi connectivity index (χ0n) is 10.8. The van der Waals surface area contributed by atoms with E-state index in [1.165, 1.54) is 0 Å². The van der Waals surface area contributed by atoms with E-state index in [1.54, 1.807) is 12.1 Å². The smallest absolute Gasteiger partial charge is 0.306 e. The summed E-state index contributed by atoms with van der Waals surface area (Å²) in [6.07, 6.45) is 9.59. The maximum atomic E-state index is 10.6. The van der Waals surface area contributed by atoms with Gasteiger partial charge in [-0.05, 0) is 36.5 Å². The molecule has 1 aromatic rings. The molecule has 0 aromatic heterocycles. The van der Waals surface area contributed by atoms with E-state index in [0.29, 0.717) is 0 Å². The van der Waals surface area contributed by atoms with Crippen LogP contribution in [0, 0.1) is 24.7 Å². The van der Waals surface area contributed by atoms with E-state index in [2.05, 4.69) is 12.8 Å². The predicted molar refractivity (Wildman–Crippen MR) is 72.3 cm³/mol. The molecule has 2 atom stereocenters. The summed E-state index contributed by atoms with van der Waals surface area (Å²) in [7, 11) is 0. The highest BCUT2D eigenvalue weighted by Gasteiger charge is 2.42. The summed E-state index contributed by atoms with van der Waals surface area (Å²) in [5, 5.41) is 17.8. The van der Waals surface area contributed by atoms with E-state index < -0.39 is 5.97 Å². The second-order valence-electron chi connectivity index (χ2n) is 3.81. The zero-order valence-corrected chi connectivity index (χ0v) is 10.8. The lowest BCUT2D eigenvalue weighted by Gasteiger charge is -1.99. The van der Waals surface area contributed by atoms with Gasteiger partial charge in [-0.25, -0.2) is 0 Å². The predicted octanol–water partition coefficient (Wildman–Crippen LogP) is 2.93. The van der Waals surface area contributed by atoms with Crippen molar-refractivity contribution in [1.29, 1.82) is 0 Å². The number of hydrogen-bond donors (Lipinski definition) is 2. The summed E-state index contributed by atoms with van der Waals surface area (Å²) < 4.78 is 0. The number of carbonyl (C=O) groups is 1. The Morgan fingerprint density at radius 1 is 1.28 bits per heavy atom. The van der Waals surface area contributed by atoms with Gasteiger partial charge in [-0.1, -0.05) is 26.0 Å². The Morgan fingerprint density at radius 3 is 2.17 bits per heavy atom. The molecule has 1 aromatic carbocycles. The first-order chi connectivity index (χ1) is 8.66. The second-order valence-corrected chi connectivity index (χ2v) is 3.81. The first-order valence-corrected chi connectivity index (χ1v) is 6.01. The van der Waals surface area contributed by atoms with Gasteiger partial charge in [0.25, 0.3) is 0 Å². The summed E-state index contributed by atoms with van der Waals surface area (Å²) in [5.74, 6) is -0.297. The van der Waals surface area contributed by atoms with Gasteiger partial charge >= 0.3 is 5.97 Å².